The summed E-state index contributed by atoms with van der Waals surface area (Å²) in [7, 11) is 0. The summed E-state index contributed by atoms with van der Waals surface area (Å²) in [5.74, 6) is 0.341. The van der Waals surface area contributed by atoms with Crippen molar-refractivity contribution >= 4 is 43.1 Å². The molecule has 0 bridgehead atoms. The van der Waals surface area contributed by atoms with E-state index in [-0.39, 0.29) is 0 Å². The molecule has 0 aliphatic carbocycles. The lowest BCUT2D eigenvalue weighted by Crippen LogP contribution is -1.84. The van der Waals surface area contributed by atoms with Crippen molar-refractivity contribution in [3.63, 3.8) is 0 Å². The minimum absolute atomic E-state index is 0.341. The fourth-order valence-electron chi connectivity index (χ4n) is 3.67. The highest BCUT2D eigenvalue weighted by molar-refractivity contribution is 6.28. The van der Waals surface area contributed by atoms with Crippen LogP contribution in [0.25, 0.3) is 43.1 Å². The predicted octanol–water partition coefficient (Wildman–Crippen LogP) is 6.01. The van der Waals surface area contributed by atoms with Crippen LogP contribution in [0.15, 0.2) is 78.9 Å². The summed E-state index contributed by atoms with van der Waals surface area (Å²) in [6.07, 6.45) is 0. The van der Waals surface area contributed by atoms with E-state index in [1.54, 1.807) is 6.07 Å². The van der Waals surface area contributed by atoms with E-state index in [4.69, 9.17) is 0 Å². The number of phenols is 1. The van der Waals surface area contributed by atoms with E-state index in [0.717, 1.165) is 21.5 Å². The lowest BCUT2D eigenvalue weighted by molar-refractivity contribution is 0.482. The van der Waals surface area contributed by atoms with Gasteiger partial charge in [0, 0.05) is 10.8 Å². The number of fused-ring (bicyclic) bond motifs is 7. The molecular weight excluding hydrogens is 280 g/mol. The Morgan fingerprint density at radius 2 is 1.00 bits per heavy atom. The number of rotatable bonds is 0. The van der Waals surface area contributed by atoms with E-state index in [2.05, 4.69) is 66.7 Å². The Kier molecular flexibility index (Phi) is 2.42. The molecule has 0 heterocycles. The summed E-state index contributed by atoms with van der Waals surface area (Å²) in [6, 6.07) is 27.0. The highest BCUT2D eigenvalue weighted by Gasteiger charge is 2.10. The van der Waals surface area contributed by atoms with Crippen molar-refractivity contribution in [2.45, 2.75) is 0 Å². The molecule has 0 unspecified atom stereocenters. The minimum atomic E-state index is 0.341. The number of hydrogen-bond acceptors (Lipinski definition) is 1. The average molecular weight is 294 g/mol. The predicted molar refractivity (Wildman–Crippen MR) is 98.1 cm³/mol. The van der Waals surface area contributed by atoms with Gasteiger partial charge in [-0.15, -0.1) is 0 Å². The van der Waals surface area contributed by atoms with Gasteiger partial charge in [-0.3, -0.25) is 0 Å². The second kappa shape index (κ2) is 4.47. The van der Waals surface area contributed by atoms with Crippen molar-refractivity contribution in [2.75, 3.05) is 0 Å². The summed E-state index contributed by atoms with van der Waals surface area (Å²) in [4.78, 5) is 0. The molecule has 0 saturated carbocycles. The Balaban J connectivity index is 2.21. The van der Waals surface area contributed by atoms with Crippen LogP contribution in [0.5, 0.6) is 5.75 Å². The third kappa shape index (κ3) is 1.68. The van der Waals surface area contributed by atoms with Crippen LogP contribution in [-0.4, -0.2) is 5.11 Å². The van der Waals surface area contributed by atoms with Gasteiger partial charge in [0.05, 0.1) is 0 Å². The first-order valence-electron chi connectivity index (χ1n) is 7.78. The first kappa shape index (κ1) is 12.5. The Morgan fingerprint density at radius 3 is 1.78 bits per heavy atom. The van der Waals surface area contributed by atoms with Gasteiger partial charge in [-0.1, -0.05) is 72.8 Å². The van der Waals surface area contributed by atoms with Crippen molar-refractivity contribution in [1.82, 2.24) is 0 Å². The van der Waals surface area contributed by atoms with Crippen LogP contribution in [0.1, 0.15) is 0 Å². The van der Waals surface area contributed by atoms with Crippen molar-refractivity contribution in [3.8, 4) is 5.75 Å². The number of phenolic OH excluding ortho intramolecular Hbond substituents is 1. The second-order valence-corrected chi connectivity index (χ2v) is 5.99. The number of aromatic hydroxyl groups is 1. The van der Waals surface area contributed by atoms with Gasteiger partial charge in [0.25, 0.3) is 0 Å². The molecule has 0 atom stereocenters. The van der Waals surface area contributed by atoms with Gasteiger partial charge in [0.1, 0.15) is 5.75 Å². The molecule has 23 heavy (non-hydrogen) atoms. The quantitative estimate of drug-likeness (QED) is 0.347. The van der Waals surface area contributed by atoms with Crippen molar-refractivity contribution < 1.29 is 5.11 Å². The smallest absolute Gasteiger partial charge is 0.124 e. The van der Waals surface area contributed by atoms with E-state index in [9.17, 15) is 5.11 Å². The van der Waals surface area contributed by atoms with E-state index in [1.165, 1.54) is 21.5 Å². The van der Waals surface area contributed by atoms with E-state index in [1.807, 2.05) is 6.07 Å². The Bertz CT molecular complexity index is 1210. The minimum Gasteiger partial charge on any atom is -0.507 e. The SMILES string of the molecule is Oc1cccc2ccc3ccc4ccc5ccccc5c4c3c12. The average Bonchev–Trinajstić information content (AvgIpc) is 2.61. The Morgan fingerprint density at radius 1 is 0.435 bits per heavy atom. The van der Waals surface area contributed by atoms with E-state index in [0.29, 0.717) is 5.75 Å². The van der Waals surface area contributed by atoms with Crippen LogP contribution >= 0.6 is 0 Å². The summed E-state index contributed by atoms with van der Waals surface area (Å²) >= 11 is 0. The van der Waals surface area contributed by atoms with Crippen LogP contribution < -0.4 is 0 Å². The van der Waals surface area contributed by atoms with E-state index >= 15 is 0 Å². The molecule has 1 heteroatoms. The topological polar surface area (TPSA) is 20.2 Å². The van der Waals surface area contributed by atoms with Crippen LogP contribution in [0, 0.1) is 0 Å². The molecule has 0 saturated heterocycles. The zero-order chi connectivity index (χ0) is 15.4. The summed E-state index contributed by atoms with van der Waals surface area (Å²) < 4.78 is 0. The molecule has 0 aromatic heterocycles. The van der Waals surface area contributed by atoms with E-state index < -0.39 is 0 Å². The molecule has 0 spiro atoms. The van der Waals surface area contributed by atoms with Gasteiger partial charge in [-0.05, 0) is 38.4 Å². The second-order valence-electron chi connectivity index (χ2n) is 5.99. The van der Waals surface area contributed by atoms with Crippen LogP contribution in [0.3, 0.4) is 0 Å². The maximum Gasteiger partial charge on any atom is 0.124 e. The number of hydrogen-bond donors (Lipinski definition) is 1. The summed E-state index contributed by atoms with van der Waals surface area (Å²) in [6.45, 7) is 0. The zero-order valence-electron chi connectivity index (χ0n) is 12.5. The standard InChI is InChI=1S/C22H14O/c23-19-7-3-5-15-10-12-17-13-11-16-9-8-14-4-1-2-6-18(14)20(16)22(17)21(15)19/h1-13,23H. The molecule has 0 aliphatic rings. The number of benzene rings is 5. The monoisotopic (exact) mass is 294 g/mol. The first-order chi connectivity index (χ1) is 11.3. The first-order valence-corrected chi connectivity index (χ1v) is 7.78. The molecule has 5 aromatic carbocycles. The molecule has 0 fully saturated rings. The maximum absolute atomic E-state index is 10.5. The molecule has 5 aromatic rings. The lowest BCUT2D eigenvalue weighted by Gasteiger charge is -2.11. The normalized spacial score (nSPS) is 11.7. The third-order valence-electron chi connectivity index (χ3n) is 4.71. The van der Waals surface area contributed by atoms with Gasteiger partial charge in [-0.25, -0.2) is 0 Å². The molecule has 1 N–H and O–H groups in total. The van der Waals surface area contributed by atoms with Gasteiger partial charge in [-0.2, -0.15) is 0 Å². The highest BCUT2D eigenvalue weighted by Crippen LogP contribution is 2.39. The van der Waals surface area contributed by atoms with Crippen LogP contribution in [0.4, 0.5) is 0 Å². The van der Waals surface area contributed by atoms with Crippen molar-refractivity contribution in [1.29, 1.82) is 0 Å². The highest BCUT2D eigenvalue weighted by atomic mass is 16.3. The fraction of sp³-hybridized carbons (Fsp3) is 0. The maximum atomic E-state index is 10.5. The third-order valence-corrected chi connectivity index (χ3v) is 4.71. The zero-order valence-corrected chi connectivity index (χ0v) is 12.5. The van der Waals surface area contributed by atoms with Crippen molar-refractivity contribution in [2.24, 2.45) is 0 Å². The van der Waals surface area contributed by atoms with Gasteiger partial charge < -0.3 is 5.11 Å². The van der Waals surface area contributed by atoms with Crippen LogP contribution in [0.2, 0.25) is 0 Å². The molecular formula is C22H14O. The Hall–Kier alpha value is -3.06. The molecule has 5 rings (SSSR count). The Labute approximate surface area is 133 Å². The fourth-order valence-corrected chi connectivity index (χ4v) is 3.67. The van der Waals surface area contributed by atoms with Crippen LogP contribution in [-0.2, 0) is 0 Å². The summed E-state index contributed by atoms with van der Waals surface area (Å²) in [5, 5.41) is 19.7. The molecule has 108 valence electrons. The van der Waals surface area contributed by atoms with Gasteiger partial charge in [0.15, 0.2) is 0 Å². The lowest BCUT2D eigenvalue weighted by atomic mass is 9.93. The largest absolute Gasteiger partial charge is 0.507 e. The molecule has 0 aliphatic heterocycles. The molecule has 1 nitrogen and oxygen atoms in total. The molecule has 0 radical (unpaired) electrons. The van der Waals surface area contributed by atoms with Crippen molar-refractivity contribution in [3.05, 3.63) is 78.9 Å². The molecule has 0 amide bonds. The summed E-state index contributed by atoms with van der Waals surface area (Å²) in [5.41, 5.74) is 0. The van der Waals surface area contributed by atoms with Gasteiger partial charge >= 0.3 is 0 Å². The van der Waals surface area contributed by atoms with Gasteiger partial charge in [0.2, 0.25) is 0 Å².